The monoisotopic (exact) mass is 288 g/mol. The molecule has 0 saturated carbocycles. The zero-order valence-electron chi connectivity index (χ0n) is 11.7. The molecule has 0 aliphatic heterocycles. The number of anilines is 1. The molecule has 1 heterocycles. The van der Waals surface area contributed by atoms with E-state index >= 15 is 0 Å². The fourth-order valence-corrected chi connectivity index (χ4v) is 2.35. The van der Waals surface area contributed by atoms with Crippen molar-refractivity contribution in [1.82, 2.24) is 9.55 Å². The van der Waals surface area contributed by atoms with Crippen molar-refractivity contribution < 1.29 is 0 Å². The zero-order chi connectivity index (χ0) is 14.4. The number of aromatic nitrogens is 2. The van der Waals surface area contributed by atoms with Gasteiger partial charge in [0.1, 0.15) is 4.99 Å². The van der Waals surface area contributed by atoms with Crippen LogP contribution in [0.15, 0.2) is 36.9 Å². The first kappa shape index (κ1) is 14.5. The maximum atomic E-state index is 5.65. The molecule has 20 heavy (non-hydrogen) atoms. The summed E-state index contributed by atoms with van der Waals surface area (Å²) in [5.74, 6) is 0. The smallest absolute Gasteiger partial charge is 0.104 e. The number of nitrogens with one attached hydrogen (secondary N) is 1. The van der Waals surface area contributed by atoms with Gasteiger partial charge < -0.3 is 15.6 Å². The van der Waals surface area contributed by atoms with Crippen LogP contribution in [-0.4, -0.2) is 21.1 Å². The lowest BCUT2D eigenvalue weighted by Gasteiger charge is -2.10. The molecule has 1 aromatic heterocycles. The number of nitrogens with zero attached hydrogens (tertiary/aromatic N) is 2. The van der Waals surface area contributed by atoms with Gasteiger partial charge in [0.25, 0.3) is 0 Å². The molecule has 0 atom stereocenters. The maximum Gasteiger partial charge on any atom is 0.104 e. The molecule has 2 aromatic rings. The van der Waals surface area contributed by atoms with Crippen LogP contribution in [0.2, 0.25) is 0 Å². The van der Waals surface area contributed by atoms with Gasteiger partial charge in [0.2, 0.25) is 0 Å². The molecule has 0 aliphatic rings. The Balaban J connectivity index is 1.74. The lowest BCUT2D eigenvalue weighted by Crippen LogP contribution is -2.11. The minimum Gasteiger partial charge on any atom is -0.389 e. The number of benzene rings is 1. The summed E-state index contributed by atoms with van der Waals surface area (Å²) < 4.78 is 2.10. The van der Waals surface area contributed by atoms with E-state index < -0.39 is 0 Å². The lowest BCUT2D eigenvalue weighted by molar-refractivity contribution is 0.621. The largest absolute Gasteiger partial charge is 0.389 e. The third-order valence-electron chi connectivity index (χ3n) is 3.22. The summed E-state index contributed by atoms with van der Waals surface area (Å²) in [5.41, 5.74) is 8.83. The van der Waals surface area contributed by atoms with Gasteiger partial charge in [0.15, 0.2) is 0 Å². The van der Waals surface area contributed by atoms with Crippen LogP contribution in [0.3, 0.4) is 0 Å². The van der Waals surface area contributed by atoms with E-state index in [0.29, 0.717) is 4.99 Å². The van der Waals surface area contributed by atoms with E-state index in [-0.39, 0.29) is 0 Å². The Morgan fingerprint density at radius 1 is 1.40 bits per heavy atom. The van der Waals surface area contributed by atoms with Gasteiger partial charge in [-0.3, -0.25) is 0 Å². The summed E-state index contributed by atoms with van der Waals surface area (Å²) in [5, 5.41) is 3.42. The van der Waals surface area contributed by atoms with Gasteiger partial charge in [-0.2, -0.15) is 0 Å². The van der Waals surface area contributed by atoms with Crippen molar-refractivity contribution in [3.05, 3.63) is 48.0 Å². The Morgan fingerprint density at radius 3 is 2.90 bits per heavy atom. The van der Waals surface area contributed by atoms with Crippen LogP contribution in [0.1, 0.15) is 24.0 Å². The Hall–Kier alpha value is -1.88. The van der Waals surface area contributed by atoms with Crippen molar-refractivity contribution in [2.45, 2.75) is 26.3 Å². The standard InChI is InChI=1S/C15H20N4S/c1-12-10-13(4-5-14(12)15(16)20)18-6-2-3-8-19-9-7-17-11-19/h4-5,7,9-11,18H,2-3,6,8H2,1H3,(H2,16,20). The van der Waals surface area contributed by atoms with Gasteiger partial charge in [0, 0.05) is 36.7 Å². The Morgan fingerprint density at radius 2 is 2.25 bits per heavy atom. The summed E-state index contributed by atoms with van der Waals surface area (Å²) in [4.78, 5) is 4.48. The van der Waals surface area contributed by atoms with Crippen LogP contribution < -0.4 is 11.1 Å². The molecular formula is C15H20N4S. The number of nitrogens with two attached hydrogens (primary N) is 1. The van der Waals surface area contributed by atoms with Gasteiger partial charge in [0.05, 0.1) is 6.33 Å². The minimum absolute atomic E-state index is 0.453. The van der Waals surface area contributed by atoms with Crippen LogP contribution in [-0.2, 0) is 6.54 Å². The number of hydrogen-bond donors (Lipinski definition) is 2. The number of aryl methyl sites for hydroxylation is 2. The summed E-state index contributed by atoms with van der Waals surface area (Å²) in [6.07, 6.45) is 7.91. The third kappa shape index (κ3) is 4.06. The molecule has 2 rings (SSSR count). The second-order valence-corrected chi connectivity index (χ2v) is 5.27. The summed E-state index contributed by atoms with van der Waals surface area (Å²) in [6, 6.07) is 6.09. The van der Waals surface area contributed by atoms with Gasteiger partial charge >= 0.3 is 0 Å². The number of thiocarbonyl (C=S) groups is 1. The fraction of sp³-hybridized carbons (Fsp3) is 0.333. The second kappa shape index (κ2) is 7.05. The number of imidazole rings is 1. The summed E-state index contributed by atoms with van der Waals surface area (Å²) >= 11 is 5.00. The molecule has 0 fully saturated rings. The highest BCUT2D eigenvalue weighted by molar-refractivity contribution is 7.80. The molecule has 0 unspecified atom stereocenters. The van der Waals surface area contributed by atoms with Crippen molar-refractivity contribution in [3.8, 4) is 0 Å². The molecule has 0 saturated heterocycles. The van der Waals surface area contributed by atoms with Crippen molar-refractivity contribution in [2.75, 3.05) is 11.9 Å². The topological polar surface area (TPSA) is 55.9 Å². The normalized spacial score (nSPS) is 10.4. The van der Waals surface area contributed by atoms with E-state index in [1.54, 1.807) is 0 Å². The van der Waals surface area contributed by atoms with Crippen LogP contribution in [0, 0.1) is 6.92 Å². The molecule has 3 N–H and O–H groups in total. The van der Waals surface area contributed by atoms with Gasteiger partial charge in [-0.15, -0.1) is 0 Å². The summed E-state index contributed by atoms with van der Waals surface area (Å²) in [7, 11) is 0. The molecule has 106 valence electrons. The van der Waals surface area contributed by atoms with Crippen molar-refractivity contribution in [3.63, 3.8) is 0 Å². The lowest BCUT2D eigenvalue weighted by atomic mass is 10.1. The highest BCUT2D eigenvalue weighted by Crippen LogP contribution is 2.15. The van der Waals surface area contributed by atoms with E-state index in [1.165, 1.54) is 0 Å². The van der Waals surface area contributed by atoms with Crippen LogP contribution in [0.5, 0.6) is 0 Å². The molecular weight excluding hydrogens is 268 g/mol. The van der Waals surface area contributed by atoms with E-state index in [2.05, 4.69) is 20.9 Å². The van der Waals surface area contributed by atoms with E-state index in [9.17, 15) is 0 Å². The van der Waals surface area contributed by atoms with Gasteiger partial charge in [-0.05, 0) is 43.5 Å². The van der Waals surface area contributed by atoms with Crippen molar-refractivity contribution >= 4 is 22.9 Å². The average Bonchev–Trinajstić information content (AvgIpc) is 2.91. The molecule has 4 nitrogen and oxygen atoms in total. The number of rotatable bonds is 7. The third-order valence-corrected chi connectivity index (χ3v) is 3.44. The van der Waals surface area contributed by atoms with E-state index in [0.717, 1.165) is 42.7 Å². The van der Waals surface area contributed by atoms with Crippen molar-refractivity contribution in [2.24, 2.45) is 5.73 Å². The SMILES string of the molecule is Cc1cc(NCCCCn2ccnc2)ccc1C(N)=S. The molecule has 0 amide bonds. The predicted octanol–water partition coefficient (Wildman–Crippen LogP) is 2.72. The first-order valence-electron chi connectivity index (χ1n) is 6.77. The quantitative estimate of drug-likeness (QED) is 0.607. The van der Waals surface area contributed by atoms with E-state index in [1.807, 2.05) is 37.8 Å². The molecule has 0 spiro atoms. The first-order chi connectivity index (χ1) is 9.66. The highest BCUT2D eigenvalue weighted by Gasteiger charge is 2.02. The molecule has 5 heteroatoms. The summed E-state index contributed by atoms with van der Waals surface area (Å²) in [6.45, 7) is 4.00. The van der Waals surface area contributed by atoms with Crippen molar-refractivity contribution in [1.29, 1.82) is 0 Å². The minimum atomic E-state index is 0.453. The Bertz CT molecular complexity index is 563. The van der Waals surface area contributed by atoms with Crippen LogP contribution in [0.4, 0.5) is 5.69 Å². The Kier molecular flexibility index (Phi) is 5.12. The second-order valence-electron chi connectivity index (χ2n) is 4.83. The molecule has 1 aromatic carbocycles. The zero-order valence-corrected chi connectivity index (χ0v) is 12.5. The fourth-order valence-electron chi connectivity index (χ4n) is 2.12. The predicted molar refractivity (Wildman–Crippen MR) is 87.0 cm³/mol. The molecule has 0 radical (unpaired) electrons. The van der Waals surface area contributed by atoms with Gasteiger partial charge in [-0.1, -0.05) is 12.2 Å². The first-order valence-corrected chi connectivity index (χ1v) is 7.17. The number of hydrogen-bond acceptors (Lipinski definition) is 3. The highest BCUT2D eigenvalue weighted by atomic mass is 32.1. The van der Waals surface area contributed by atoms with Crippen LogP contribution in [0.25, 0.3) is 0 Å². The van der Waals surface area contributed by atoms with E-state index in [4.69, 9.17) is 18.0 Å². The number of unbranched alkanes of at least 4 members (excludes halogenated alkanes) is 1. The molecule has 0 bridgehead atoms. The maximum absolute atomic E-state index is 5.65. The van der Waals surface area contributed by atoms with Crippen LogP contribution >= 0.6 is 12.2 Å². The van der Waals surface area contributed by atoms with Gasteiger partial charge in [-0.25, -0.2) is 4.98 Å². The molecule has 0 aliphatic carbocycles. The average molecular weight is 288 g/mol. The Labute approximate surface area is 125 Å².